The lowest BCUT2D eigenvalue weighted by atomic mass is 10.2. The minimum atomic E-state index is -0.105. The second-order valence-electron chi connectivity index (χ2n) is 4.75. The van der Waals surface area contributed by atoms with Gasteiger partial charge in [0.25, 0.3) is 0 Å². The Bertz CT molecular complexity index is 747. The second kappa shape index (κ2) is 5.93. The third kappa shape index (κ3) is 3.38. The molecule has 0 unspecified atom stereocenters. The van der Waals surface area contributed by atoms with Crippen molar-refractivity contribution in [3.05, 3.63) is 59.1 Å². The fourth-order valence-corrected chi connectivity index (χ4v) is 2.70. The lowest BCUT2D eigenvalue weighted by Gasteiger charge is -2.04. The second-order valence-corrected chi connectivity index (χ2v) is 5.70. The lowest BCUT2D eigenvalue weighted by molar-refractivity contribution is -0.115. The summed E-state index contributed by atoms with van der Waals surface area (Å²) in [5.74, 6) is 0.593. The number of nitrogens with zero attached hydrogens (tertiary/aromatic N) is 1. The molecule has 2 aromatic heterocycles. The largest absolute Gasteiger partial charge is 0.355 e. The predicted molar refractivity (Wildman–Crippen MR) is 83.3 cm³/mol. The summed E-state index contributed by atoms with van der Waals surface area (Å²) < 4.78 is 5.26. The fourth-order valence-electron chi connectivity index (χ4n) is 2.02. The van der Waals surface area contributed by atoms with Crippen LogP contribution in [-0.2, 0) is 11.2 Å². The number of amides is 1. The summed E-state index contributed by atoms with van der Waals surface area (Å²) >= 11 is 1.58. The number of anilines is 1. The fraction of sp³-hybridized carbons (Fsp3) is 0.125. The van der Waals surface area contributed by atoms with E-state index in [1.807, 2.05) is 54.8 Å². The molecule has 0 aliphatic carbocycles. The maximum Gasteiger partial charge on any atom is 0.230 e. The van der Waals surface area contributed by atoms with Crippen LogP contribution in [0.2, 0.25) is 0 Å². The third-order valence-electron chi connectivity index (χ3n) is 2.97. The predicted octanol–water partition coefficient (Wildman–Crippen LogP) is 3.89. The van der Waals surface area contributed by atoms with Crippen LogP contribution in [0.1, 0.15) is 11.3 Å². The summed E-state index contributed by atoms with van der Waals surface area (Å²) in [5.41, 5.74) is 2.53. The van der Waals surface area contributed by atoms with Gasteiger partial charge in [-0.3, -0.25) is 4.79 Å². The monoisotopic (exact) mass is 298 g/mol. The first-order valence-corrected chi connectivity index (χ1v) is 7.45. The van der Waals surface area contributed by atoms with Crippen molar-refractivity contribution in [3.63, 3.8) is 0 Å². The van der Waals surface area contributed by atoms with Crippen LogP contribution < -0.4 is 5.32 Å². The van der Waals surface area contributed by atoms with Crippen LogP contribution >= 0.6 is 11.3 Å². The molecule has 0 bridgehead atoms. The summed E-state index contributed by atoms with van der Waals surface area (Å²) in [6.07, 6.45) is 0.197. The Labute approximate surface area is 126 Å². The molecule has 21 heavy (non-hydrogen) atoms. The number of carbonyl (C=O) groups is 1. The number of aryl methyl sites for hydroxylation is 1. The molecule has 1 amide bonds. The summed E-state index contributed by atoms with van der Waals surface area (Å²) in [4.78, 5) is 13.0. The molecule has 0 aliphatic heterocycles. The number of thiophene rings is 1. The molecule has 0 aliphatic rings. The van der Waals surface area contributed by atoms with Crippen molar-refractivity contribution in [1.82, 2.24) is 5.16 Å². The number of benzene rings is 1. The number of carbonyl (C=O) groups excluding carboxylic acids is 1. The first-order chi connectivity index (χ1) is 10.2. The Morgan fingerprint density at radius 2 is 2.19 bits per heavy atom. The maximum atomic E-state index is 12.0. The van der Waals surface area contributed by atoms with Crippen LogP contribution in [0, 0.1) is 6.92 Å². The van der Waals surface area contributed by atoms with E-state index < -0.39 is 0 Å². The van der Waals surface area contributed by atoms with Crippen LogP contribution in [0.15, 0.2) is 52.4 Å². The summed E-state index contributed by atoms with van der Waals surface area (Å²) in [6.45, 7) is 1.99. The van der Waals surface area contributed by atoms with E-state index in [1.165, 1.54) is 0 Å². The van der Waals surface area contributed by atoms with E-state index in [2.05, 4.69) is 10.5 Å². The highest BCUT2D eigenvalue weighted by Crippen LogP contribution is 2.25. The molecule has 1 N–H and O–H groups in total. The molecule has 3 rings (SSSR count). The third-order valence-corrected chi connectivity index (χ3v) is 3.85. The number of hydrogen-bond acceptors (Lipinski definition) is 4. The Hall–Kier alpha value is -2.40. The summed E-state index contributed by atoms with van der Waals surface area (Å²) in [6, 6.07) is 13.4. The topological polar surface area (TPSA) is 55.1 Å². The van der Waals surface area contributed by atoms with Crippen molar-refractivity contribution >= 4 is 22.9 Å². The zero-order valence-corrected chi connectivity index (χ0v) is 12.3. The highest BCUT2D eigenvalue weighted by Gasteiger charge is 2.11. The maximum absolute atomic E-state index is 12.0. The minimum Gasteiger partial charge on any atom is -0.355 e. The molecule has 1 aromatic carbocycles. The Balaban J connectivity index is 1.65. The van der Waals surface area contributed by atoms with Gasteiger partial charge in [0.2, 0.25) is 5.91 Å². The molecule has 0 fully saturated rings. The Morgan fingerprint density at radius 3 is 2.95 bits per heavy atom. The average molecular weight is 298 g/mol. The molecule has 4 nitrogen and oxygen atoms in total. The molecule has 0 saturated carbocycles. The Morgan fingerprint density at radius 1 is 1.29 bits per heavy atom. The molecule has 0 radical (unpaired) electrons. The van der Waals surface area contributed by atoms with E-state index in [9.17, 15) is 4.79 Å². The molecule has 2 heterocycles. The Kier molecular flexibility index (Phi) is 3.83. The van der Waals surface area contributed by atoms with Gasteiger partial charge >= 0.3 is 0 Å². The normalized spacial score (nSPS) is 10.5. The molecule has 3 aromatic rings. The molecule has 5 heteroatoms. The first kappa shape index (κ1) is 13.6. The number of nitrogens with one attached hydrogen (secondary N) is 1. The SMILES string of the molecule is Cc1cccc(NC(=O)Cc2cc(-c3cccs3)on2)c1. The average Bonchev–Trinajstić information content (AvgIpc) is 3.08. The summed E-state index contributed by atoms with van der Waals surface area (Å²) in [7, 11) is 0. The number of hydrogen-bond donors (Lipinski definition) is 1. The molecule has 0 spiro atoms. The van der Waals surface area contributed by atoms with Crippen molar-refractivity contribution in [1.29, 1.82) is 0 Å². The molecule has 106 valence electrons. The zero-order valence-electron chi connectivity index (χ0n) is 11.5. The van der Waals surface area contributed by atoms with E-state index in [-0.39, 0.29) is 12.3 Å². The lowest BCUT2D eigenvalue weighted by Crippen LogP contribution is -2.14. The molecule has 0 atom stereocenters. The van der Waals surface area contributed by atoms with E-state index >= 15 is 0 Å². The van der Waals surface area contributed by atoms with Gasteiger partial charge in [-0.15, -0.1) is 11.3 Å². The highest BCUT2D eigenvalue weighted by molar-refractivity contribution is 7.13. The van der Waals surface area contributed by atoms with E-state index in [4.69, 9.17) is 4.52 Å². The molecular weight excluding hydrogens is 284 g/mol. The molecule has 0 saturated heterocycles. The van der Waals surface area contributed by atoms with E-state index in [0.717, 1.165) is 16.1 Å². The smallest absolute Gasteiger partial charge is 0.230 e. The zero-order chi connectivity index (χ0) is 14.7. The van der Waals surface area contributed by atoms with Gasteiger partial charge in [0, 0.05) is 11.8 Å². The van der Waals surface area contributed by atoms with Crippen LogP contribution in [0.4, 0.5) is 5.69 Å². The van der Waals surface area contributed by atoms with Crippen molar-refractivity contribution in [2.75, 3.05) is 5.32 Å². The van der Waals surface area contributed by atoms with E-state index in [0.29, 0.717) is 11.5 Å². The van der Waals surface area contributed by atoms with Crippen molar-refractivity contribution in [2.24, 2.45) is 0 Å². The van der Waals surface area contributed by atoms with E-state index in [1.54, 1.807) is 11.3 Å². The van der Waals surface area contributed by atoms with Gasteiger partial charge in [-0.25, -0.2) is 0 Å². The minimum absolute atomic E-state index is 0.105. The molecular formula is C16H14N2O2S. The quantitative estimate of drug-likeness (QED) is 0.795. The van der Waals surface area contributed by atoms with Crippen molar-refractivity contribution in [3.8, 4) is 10.6 Å². The van der Waals surface area contributed by atoms with Gasteiger partial charge in [0.1, 0.15) is 0 Å². The van der Waals surface area contributed by atoms with Crippen LogP contribution in [0.25, 0.3) is 10.6 Å². The van der Waals surface area contributed by atoms with Gasteiger partial charge in [-0.1, -0.05) is 23.4 Å². The van der Waals surface area contributed by atoms with Gasteiger partial charge in [0.15, 0.2) is 5.76 Å². The van der Waals surface area contributed by atoms with Crippen molar-refractivity contribution < 1.29 is 9.32 Å². The first-order valence-electron chi connectivity index (χ1n) is 6.57. The highest BCUT2D eigenvalue weighted by atomic mass is 32.1. The standard InChI is InChI=1S/C16H14N2O2S/c1-11-4-2-5-12(8-11)17-16(19)10-13-9-14(20-18-13)15-6-3-7-21-15/h2-9H,10H2,1H3,(H,17,19). The summed E-state index contributed by atoms with van der Waals surface area (Å²) in [5, 5.41) is 8.77. The van der Waals surface area contributed by atoms with Crippen LogP contribution in [0.3, 0.4) is 0 Å². The van der Waals surface area contributed by atoms with Crippen LogP contribution in [0.5, 0.6) is 0 Å². The van der Waals surface area contributed by atoms with Gasteiger partial charge < -0.3 is 9.84 Å². The van der Waals surface area contributed by atoms with Crippen molar-refractivity contribution in [2.45, 2.75) is 13.3 Å². The van der Waals surface area contributed by atoms with Gasteiger partial charge in [-0.05, 0) is 36.1 Å². The number of rotatable bonds is 4. The number of aromatic nitrogens is 1. The van der Waals surface area contributed by atoms with Gasteiger partial charge in [-0.2, -0.15) is 0 Å². The van der Waals surface area contributed by atoms with Crippen LogP contribution in [-0.4, -0.2) is 11.1 Å². The van der Waals surface area contributed by atoms with Gasteiger partial charge in [0.05, 0.1) is 17.0 Å².